The van der Waals surface area contributed by atoms with Gasteiger partial charge in [-0.15, -0.1) is 0 Å². The van der Waals surface area contributed by atoms with Gasteiger partial charge in [-0.05, 0) is 101 Å². The lowest BCUT2D eigenvalue weighted by Crippen LogP contribution is -2.35. The van der Waals surface area contributed by atoms with Crippen LogP contribution in [0.25, 0.3) is 0 Å². The fourth-order valence-corrected chi connectivity index (χ4v) is 4.78. The number of nitrogens with zero attached hydrogens (tertiary/aromatic N) is 2. The predicted octanol–water partition coefficient (Wildman–Crippen LogP) is 4.72. The lowest BCUT2D eigenvalue weighted by Gasteiger charge is -2.23. The van der Waals surface area contributed by atoms with Gasteiger partial charge in [0.25, 0.3) is 5.91 Å². The molecule has 1 aliphatic heterocycles. The first-order valence-electron chi connectivity index (χ1n) is 12.4. The van der Waals surface area contributed by atoms with Crippen LogP contribution in [0.3, 0.4) is 0 Å². The Bertz CT molecular complexity index is 1070. The number of rotatable bonds is 9. The van der Waals surface area contributed by atoms with Crippen molar-refractivity contribution in [2.24, 2.45) is 17.3 Å². The molecule has 7 nitrogen and oxygen atoms in total. The third-order valence-electron chi connectivity index (χ3n) is 7.59. The molecule has 3 N–H and O–H groups in total. The molecule has 1 saturated heterocycles. The number of likely N-dealkylation sites (N-methyl/N-ethyl adjacent to an activating group) is 1. The molecule has 4 unspecified atom stereocenters. The number of anilines is 3. The molecular formula is C28H37N5O2. The second kappa shape index (κ2) is 10.2. The zero-order chi connectivity index (χ0) is 25.2. The standard InChI is InChI=1S/C28H37N5O2/c1-19-15-21(19)16-28(2,18-29)27(35)31-23-7-5-20(6-8-23)26(34)30-22-9-11-24(12-10-22)33-14-13-25(17-33)32(3)4/h5-12,18-19,21,25,29H,13-17H2,1-4H3,(H,30,34)(H,31,35). The fraction of sp³-hybridized carbons (Fsp3) is 0.464. The molecule has 0 aromatic heterocycles. The average molecular weight is 476 g/mol. The van der Waals surface area contributed by atoms with Crippen LogP contribution in [-0.4, -0.2) is 56.2 Å². The summed E-state index contributed by atoms with van der Waals surface area (Å²) in [6, 6.07) is 15.4. The van der Waals surface area contributed by atoms with Crippen LogP contribution in [0.5, 0.6) is 0 Å². The SMILES string of the molecule is CC1CC1CC(C)(C=N)C(=O)Nc1ccc(C(=O)Nc2ccc(N3CCC(N(C)C)C3)cc2)cc1. The van der Waals surface area contributed by atoms with E-state index in [0.29, 0.717) is 35.5 Å². The van der Waals surface area contributed by atoms with Crippen LogP contribution in [0, 0.1) is 22.7 Å². The summed E-state index contributed by atoms with van der Waals surface area (Å²) >= 11 is 0. The van der Waals surface area contributed by atoms with E-state index >= 15 is 0 Å². The summed E-state index contributed by atoms with van der Waals surface area (Å²) in [6.45, 7) is 6.05. The van der Waals surface area contributed by atoms with Gasteiger partial charge in [0.1, 0.15) is 0 Å². The summed E-state index contributed by atoms with van der Waals surface area (Å²) in [5.74, 6) is 0.764. The maximum absolute atomic E-state index is 12.8. The molecule has 1 saturated carbocycles. The fourth-order valence-electron chi connectivity index (χ4n) is 4.78. The molecule has 0 bridgehead atoms. The third-order valence-corrected chi connectivity index (χ3v) is 7.59. The van der Waals surface area contributed by atoms with E-state index in [2.05, 4.69) is 53.6 Å². The molecule has 0 spiro atoms. The largest absolute Gasteiger partial charge is 0.370 e. The number of amides is 2. The van der Waals surface area contributed by atoms with Crippen molar-refractivity contribution in [1.29, 1.82) is 5.41 Å². The van der Waals surface area contributed by atoms with Crippen molar-refractivity contribution in [3.8, 4) is 0 Å². The highest BCUT2D eigenvalue weighted by molar-refractivity contribution is 6.06. The third kappa shape index (κ3) is 5.90. The molecular weight excluding hydrogens is 438 g/mol. The summed E-state index contributed by atoms with van der Waals surface area (Å²) in [5, 5.41) is 13.6. The van der Waals surface area contributed by atoms with Crippen molar-refractivity contribution in [2.75, 3.05) is 42.7 Å². The molecule has 1 aliphatic carbocycles. The molecule has 4 rings (SSSR count). The van der Waals surface area contributed by atoms with Crippen molar-refractivity contribution >= 4 is 35.1 Å². The van der Waals surface area contributed by atoms with Gasteiger partial charge in [0, 0.05) is 48.0 Å². The first-order chi connectivity index (χ1) is 16.7. The van der Waals surface area contributed by atoms with E-state index in [4.69, 9.17) is 5.41 Å². The van der Waals surface area contributed by atoms with Gasteiger partial charge in [-0.2, -0.15) is 0 Å². The van der Waals surface area contributed by atoms with Crippen LogP contribution in [0.4, 0.5) is 17.1 Å². The number of nitrogens with one attached hydrogen (secondary N) is 3. The van der Waals surface area contributed by atoms with E-state index in [-0.39, 0.29) is 11.8 Å². The van der Waals surface area contributed by atoms with E-state index in [0.717, 1.165) is 31.6 Å². The Labute approximate surface area is 208 Å². The van der Waals surface area contributed by atoms with Gasteiger partial charge in [-0.3, -0.25) is 9.59 Å². The van der Waals surface area contributed by atoms with Crippen molar-refractivity contribution in [3.05, 3.63) is 54.1 Å². The number of hydrogen-bond acceptors (Lipinski definition) is 5. The molecule has 2 aromatic rings. The Kier molecular flexibility index (Phi) is 7.26. The van der Waals surface area contributed by atoms with E-state index in [9.17, 15) is 9.59 Å². The molecule has 2 aliphatic rings. The van der Waals surface area contributed by atoms with Crippen LogP contribution < -0.4 is 15.5 Å². The second-order valence-electron chi connectivity index (χ2n) is 10.6. The van der Waals surface area contributed by atoms with Gasteiger partial charge in [-0.25, -0.2) is 0 Å². The Balaban J connectivity index is 1.32. The van der Waals surface area contributed by atoms with Crippen LogP contribution in [0.2, 0.25) is 0 Å². The van der Waals surface area contributed by atoms with Gasteiger partial charge in [0.05, 0.1) is 5.41 Å². The molecule has 186 valence electrons. The highest BCUT2D eigenvalue weighted by Crippen LogP contribution is 2.45. The Morgan fingerprint density at radius 3 is 2.23 bits per heavy atom. The zero-order valence-corrected chi connectivity index (χ0v) is 21.2. The molecule has 0 radical (unpaired) electrons. The number of carbonyl (C=O) groups excluding carboxylic acids is 2. The van der Waals surface area contributed by atoms with Gasteiger partial charge in [0.15, 0.2) is 0 Å². The number of benzene rings is 2. The first-order valence-corrected chi connectivity index (χ1v) is 12.4. The molecule has 7 heteroatoms. The maximum Gasteiger partial charge on any atom is 0.255 e. The summed E-state index contributed by atoms with van der Waals surface area (Å²) < 4.78 is 0. The van der Waals surface area contributed by atoms with Crippen LogP contribution in [0.15, 0.2) is 48.5 Å². The minimum Gasteiger partial charge on any atom is -0.370 e. The smallest absolute Gasteiger partial charge is 0.255 e. The van der Waals surface area contributed by atoms with Gasteiger partial charge < -0.3 is 25.8 Å². The van der Waals surface area contributed by atoms with Crippen LogP contribution in [-0.2, 0) is 4.79 Å². The van der Waals surface area contributed by atoms with Gasteiger partial charge in [-0.1, -0.05) is 6.92 Å². The molecule has 35 heavy (non-hydrogen) atoms. The molecule has 2 aromatic carbocycles. The summed E-state index contributed by atoms with van der Waals surface area (Å²) in [7, 11) is 4.24. The van der Waals surface area contributed by atoms with Crippen molar-refractivity contribution in [2.45, 2.75) is 39.2 Å². The summed E-state index contributed by atoms with van der Waals surface area (Å²) in [5.41, 5.74) is 2.23. The van der Waals surface area contributed by atoms with Crippen molar-refractivity contribution < 1.29 is 9.59 Å². The summed E-state index contributed by atoms with van der Waals surface area (Å²) in [4.78, 5) is 30.2. The van der Waals surface area contributed by atoms with E-state index < -0.39 is 5.41 Å². The normalized spacial score (nSPS) is 23.0. The Hall–Kier alpha value is -3.19. The van der Waals surface area contributed by atoms with Crippen molar-refractivity contribution in [3.63, 3.8) is 0 Å². The van der Waals surface area contributed by atoms with Crippen molar-refractivity contribution in [1.82, 2.24) is 4.90 Å². The quantitative estimate of drug-likeness (QED) is 0.458. The lowest BCUT2D eigenvalue weighted by atomic mass is 9.84. The lowest BCUT2D eigenvalue weighted by molar-refractivity contribution is -0.121. The highest BCUT2D eigenvalue weighted by atomic mass is 16.2. The predicted molar refractivity (Wildman–Crippen MR) is 143 cm³/mol. The van der Waals surface area contributed by atoms with Crippen LogP contribution in [0.1, 0.15) is 43.5 Å². The highest BCUT2D eigenvalue weighted by Gasteiger charge is 2.42. The summed E-state index contributed by atoms with van der Waals surface area (Å²) in [6.07, 6.45) is 4.22. The molecule has 2 amide bonds. The Morgan fingerprint density at radius 1 is 1.09 bits per heavy atom. The van der Waals surface area contributed by atoms with Gasteiger partial charge in [0.2, 0.25) is 5.91 Å². The minimum absolute atomic E-state index is 0.182. The number of carbonyl (C=O) groups is 2. The van der Waals surface area contributed by atoms with E-state index in [1.165, 1.54) is 11.9 Å². The number of hydrogen-bond donors (Lipinski definition) is 3. The molecule has 4 atom stereocenters. The van der Waals surface area contributed by atoms with Crippen LogP contribution >= 0.6 is 0 Å². The average Bonchev–Trinajstić information content (AvgIpc) is 3.31. The van der Waals surface area contributed by atoms with E-state index in [1.54, 1.807) is 24.3 Å². The topological polar surface area (TPSA) is 88.5 Å². The zero-order valence-electron chi connectivity index (χ0n) is 21.2. The van der Waals surface area contributed by atoms with E-state index in [1.807, 2.05) is 19.1 Å². The second-order valence-corrected chi connectivity index (χ2v) is 10.6. The van der Waals surface area contributed by atoms with Gasteiger partial charge >= 0.3 is 0 Å². The maximum atomic E-state index is 12.8. The molecule has 2 fully saturated rings. The molecule has 1 heterocycles. The first kappa shape index (κ1) is 24.9. The monoisotopic (exact) mass is 475 g/mol. The minimum atomic E-state index is -0.819. The Morgan fingerprint density at radius 2 is 1.69 bits per heavy atom.